The van der Waals surface area contributed by atoms with Crippen molar-refractivity contribution in [2.45, 2.75) is 0 Å². The molecule has 9 heteroatoms. The molecule has 2 rings (SSSR count). The highest BCUT2D eigenvalue weighted by molar-refractivity contribution is 5.98. The van der Waals surface area contributed by atoms with Gasteiger partial charge in [-0.05, 0) is 24.3 Å². The van der Waals surface area contributed by atoms with Gasteiger partial charge in [0.15, 0.2) is 5.84 Å². The first-order valence-corrected chi connectivity index (χ1v) is 6.98. The van der Waals surface area contributed by atoms with Gasteiger partial charge in [0, 0.05) is 23.8 Å². The van der Waals surface area contributed by atoms with Crippen molar-refractivity contribution in [2.75, 3.05) is 14.2 Å². The molecule has 0 radical (unpaired) electrons. The minimum Gasteiger partial charge on any atom is -0.497 e. The van der Waals surface area contributed by atoms with E-state index in [9.17, 15) is 14.9 Å². The molecule has 0 aliphatic heterocycles. The number of nitrogens with two attached hydrogens (primary N) is 1. The van der Waals surface area contributed by atoms with Crippen LogP contribution in [0.4, 0.5) is 5.69 Å². The van der Waals surface area contributed by atoms with Crippen molar-refractivity contribution >= 4 is 17.5 Å². The number of nitro benzene ring substituents is 1. The van der Waals surface area contributed by atoms with E-state index in [1.165, 1.54) is 50.6 Å². The van der Waals surface area contributed by atoms with Crippen LogP contribution < -0.4 is 15.2 Å². The second-order valence-corrected chi connectivity index (χ2v) is 4.73. The second-order valence-electron chi connectivity index (χ2n) is 4.73. The normalized spacial score (nSPS) is 10.9. The van der Waals surface area contributed by atoms with Crippen LogP contribution in [0, 0.1) is 10.1 Å². The Morgan fingerprint density at radius 2 is 1.80 bits per heavy atom. The van der Waals surface area contributed by atoms with Gasteiger partial charge in [-0.1, -0.05) is 5.16 Å². The van der Waals surface area contributed by atoms with Gasteiger partial charge in [-0.2, -0.15) is 0 Å². The summed E-state index contributed by atoms with van der Waals surface area (Å²) in [6.07, 6.45) is 0. The van der Waals surface area contributed by atoms with E-state index in [2.05, 4.69) is 5.16 Å². The molecule has 0 spiro atoms. The number of hydrogen-bond donors (Lipinski definition) is 1. The molecule has 0 bridgehead atoms. The van der Waals surface area contributed by atoms with Crippen LogP contribution in [0.5, 0.6) is 11.5 Å². The third-order valence-electron chi connectivity index (χ3n) is 3.23. The fourth-order valence-electron chi connectivity index (χ4n) is 1.91. The van der Waals surface area contributed by atoms with Crippen LogP contribution >= 0.6 is 0 Å². The molecule has 0 atom stereocenters. The zero-order valence-electron chi connectivity index (χ0n) is 13.5. The molecule has 0 fully saturated rings. The number of carbonyl (C=O) groups excluding carboxylic acids is 1. The van der Waals surface area contributed by atoms with Crippen molar-refractivity contribution in [3.63, 3.8) is 0 Å². The van der Waals surface area contributed by atoms with Crippen LogP contribution in [0.25, 0.3) is 0 Å². The molecule has 2 aromatic carbocycles. The van der Waals surface area contributed by atoms with E-state index in [4.69, 9.17) is 20.0 Å². The van der Waals surface area contributed by atoms with Crippen molar-refractivity contribution in [3.8, 4) is 11.5 Å². The molecular weight excluding hydrogens is 330 g/mol. The molecule has 0 saturated carbocycles. The number of nitro groups is 1. The Labute approximate surface area is 142 Å². The predicted molar refractivity (Wildman–Crippen MR) is 88.8 cm³/mol. The molecule has 2 N–H and O–H groups in total. The number of nitrogens with zero attached hydrogens (tertiary/aromatic N) is 2. The molecule has 25 heavy (non-hydrogen) atoms. The molecule has 0 aliphatic carbocycles. The van der Waals surface area contributed by atoms with Crippen molar-refractivity contribution in [1.29, 1.82) is 0 Å². The lowest BCUT2D eigenvalue weighted by molar-refractivity contribution is -0.384. The zero-order valence-corrected chi connectivity index (χ0v) is 13.5. The summed E-state index contributed by atoms with van der Waals surface area (Å²) in [5.41, 5.74) is 6.15. The lowest BCUT2D eigenvalue weighted by Crippen LogP contribution is -2.15. The Hall–Kier alpha value is -3.62. The fraction of sp³-hybridized carbons (Fsp3) is 0.125. The lowest BCUT2D eigenvalue weighted by atomic mass is 10.2. The van der Waals surface area contributed by atoms with Crippen LogP contribution in [-0.4, -0.2) is 30.9 Å². The van der Waals surface area contributed by atoms with Crippen LogP contribution in [0.1, 0.15) is 15.9 Å². The smallest absolute Gasteiger partial charge is 0.369 e. The largest absolute Gasteiger partial charge is 0.497 e. The van der Waals surface area contributed by atoms with E-state index in [-0.39, 0.29) is 22.8 Å². The van der Waals surface area contributed by atoms with Gasteiger partial charge in [0.25, 0.3) is 5.69 Å². The minimum atomic E-state index is -0.774. The standard InChI is InChI=1S/C16H15N3O6/c1-23-12-7-8-13(14(9-12)24-2)16(20)25-18-15(17)10-3-5-11(6-4-10)19(21)22/h3-9H,1-2H3,(H2,17,18). The molecule has 130 valence electrons. The van der Waals surface area contributed by atoms with Crippen LogP contribution in [-0.2, 0) is 4.84 Å². The number of amidine groups is 1. The number of oxime groups is 1. The molecular formula is C16H15N3O6. The van der Waals surface area contributed by atoms with Gasteiger partial charge in [-0.15, -0.1) is 0 Å². The summed E-state index contributed by atoms with van der Waals surface area (Å²) >= 11 is 0. The van der Waals surface area contributed by atoms with E-state index in [0.717, 1.165) is 0 Å². The number of non-ortho nitro benzene ring substituents is 1. The number of ether oxygens (including phenoxy) is 2. The highest BCUT2D eigenvalue weighted by Crippen LogP contribution is 2.25. The van der Waals surface area contributed by atoms with Gasteiger partial charge in [0.2, 0.25) is 0 Å². The summed E-state index contributed by atoms with van der Waals surface area (Å²) in [5, 5.41) is 14.2. The highest BCUT2D eigenvalue weighted by atomic mass is 16.7. The van der Waals surface area contributed by atoms with Crippen molar-refractivity contribution in [1.82, 2.24) is 0 Å². The summed E-state index contributed by atoms with van der Waals surface area (Å²) in [6.45, 7) is 0. The highest BCUT2D eigenvalue weighted by Gasteiger charge is 2.15. The molecule has 0 aromatic heterocycles. The Balaban J connectivity index is 2.14. The topological polar surface area (TPSA) is 126 Å². The molecule has 0 saturated heterocycles. The molecule has 0 amide bonds. The Morgan fingerprint density at radius 3 is 2.36 bits per heavy atom. The van der Waals surface area contributed by atoms with E-state index >= 15 is 0 Å². The van der Waals surface area contributed by atoms with Gasteiger partial charge in [-0.3, -0.25) is 10.1 Å². The molecule has 2 aromatic rings. The molecule has 9 nitrogen and oxygen atoms in total. The number of methoxy groups -OCH3 is 2. The van der Waals surface area contributed by atoms with Crippen molar-refractivity contribution in [2.24, 2.45) is 10.9 Å². The van der Waals surface area contributed by atoms with Crippen LogP contribution in [0.15, 0.2) is 47.6 Å². The summed E-state index contributed by atoms with van der Waals surface area (Å²) in [7, 11) is 2.89. The molecule has 0 heterocycles. The van der Waals surface area contributed by atoms with Gasteiger partial charge in [-0.25, -0.2) is 4.79 Å². The minimum absolute atomic E-state index is 0.0866. The predicted octanol–water partition coefficient (Wildman–Crippen LogP) is 2.09. The Morgan fingerprint density at radius 1 is 1.12 bits per heavy atom. The van der Waals surface area contributed by atoms with E-state index in [1.54, 1.807) is 6.07 Å². The molecule has 0 unspecified atom stereocenters. The summed E-state index contributed by atoms with van der Waals surface area (Å²) in [4.78, 5) is 27.0. The lowest BCUT2D eigenvalue weighted by Gasteiger charge is -2.08. The first-order chi connectivity index (χ1) is 12.0. The Kier molecular flexibility index (Phi) is 5.51. The van der Waals surface area contributed by atoms with Crippen LogP contribution in [0.3, 0.4) is 0 Å². The third kappa shape index (κ3) is 4.22. The van der Waals surface area contributed by atoms with Crippen molar-refractivity contribution < 1.29 is 24.0 Å². The maximum absolute atomic E-state index is 12.1. The summed E-state index contributed by atoms with van der Waals surface area (Å²) in [5.74, 6) is -0.101. The first kappa shape index (κ1) is 17.7. The maximum Gasteiger partial charge on any atom is 0.369 e. The molecule has 0 aliphatic rings. The number of benzene rings is 2. The average molecular weight is 345 g/mol. The van der Waals surface area contributed by atoms with E-state index in [0.29, 0.717) is 11.3 Å². The van der Waals surface area contributed by atoms with Gasteiger partial charge < -0.3 is 20.0 Å². The first-order valence-electron chi connectivity index (χ1n) is 6.98. The number of carbonyl (C=O) groups is 1. The Bertz CT molecular complexity index is 817. The summed E-state index contributed by atoms with van der Waals surface area (Å²) < 4.78 is 10.2. The van der Waals surface area contributed by atoms with Gasteiger partial charge in [0.1, 0.15) is 17.1 Å². The quantitative estimate of drug-likeness (QED) is 0.279. The fourth-order valence-corrected chi connectivity index (χ4v) is 1.91. The van der Waals surface area contributed by atoms with E-state index < -0.39 is 10.9 Å². The van der Waals surface area contributed by atoms with Gasteiger partial charge >= 0.3 is 5.97 Å². The van der Waals surface area contributed by atoms with Gasteiger partial charge in [0.05, 0.1) is 19.1 Å². The van der Waals surface area contributed by atoms with Crippen LogP contribution in [0.2, 0.25) is 0 Å². The SMILES string of the molecule is COc1ccc(C(=O)O/N=C(\N)c2ccc([N+](=O)[O-])cc2)c(OC)c1. The zero-order chi connectivity index (χ0) is 18.4. The monoisotopic (exact) mass is 345 g/mol. The van der Waals surface area contributed by atoms with Crippen molar-refractivity contribution in [3.05, 3.63) is 63.7 Å². The number of rotatable bonds is 6. The third-order valence-corrected chi connectivity index (χ3v) is 3.23. The van der Waals surface area contributed by atoms with E-state index in [1.807, 2.05) is 0 Å². The maximum atomic E-state index is 12.1. The summed E-state index contributed by atoms with van der Waals surface area (Å²) in [6, 6.07) is 9.91. The second kappa shape index (κ2) is 7.77. The average Bonchev–Trinajstić information content (AvgIpc) is 2.65. The number of hydrogen-bond acceptors (Lipinski definition) is 7.